The number of aryl methyl sites for hydroxylation is 1. The predicted molar refractivity (Wildman–Crippen MR) is 107 cm³/mol. The van der Waals surface area contributed by atoms with Crippen LogP contribution in [0, 0.1) is 0 Å². The molecular formula is C22H24F3N3O. The van der Waals surface area contributed by atoms with Gasteiger partial charge in [0.05, 0.1) is 11.0 Å². The first-order valence-electron chi connectivity index (χ1n) is 9.75. The van der Waals surface area contributed by atoms with E-state index >= 15 is 0 Å². The predicted octanol–water partition coefficient (Wildman–Crippen LogP) is 5.15. The summed E-state index contributed by atoms with van der Waals surface area (Å²) in [6.07, 6.45) is -2.88. The first kappa shape index (κ1) is 20.9. The number of imidazole rings is 1. The molecule has 0 N–H and O–H groups in total. The SMILES string of the molecule is CCCCN(CC(F)(F)F)C(=O)CCc1nc2ccccc2n1-c1ccccc1. The molecule has 1 heterocycles. The molecule has 3 rings (SSSR count). The average molecular weight is 403 g/mol. The molecule has 0 aliphatic carbocycles. The van der Waals surface area contributed by atoms with Crippen LogP contribution in [0.3, 0.4) is 0 Å². The van der Waals surface area contributed by atoms with Gasteiger partial charge in [0.1, 0.15) is 12.4 Å². The first-order chi connectivity index (χ1) is 13.9. The van der Waals surface area contributed by atoms with E-state index in [1.54, 1.807) is 0 Å². The number of carbonyl (C=O) groups is 1. The van der Waals surface area contributed by atoms with Gasteiger partial charge in [-0.1, -0.05) is 43.7 Å². The fraction of sp³-hybridized carbons (Fsp3) is 0.364. The fourth-order valence-electron chi connectivity index (χ4n) is 3.34. The molecule has 3 aromatic rings. The van der Waals surface area contributed by atoms with Gasteiger partial charge in [-0.2, -0.15) is 13.2 Å². The number of rotatable bonds is 8. The maximum atomic E-state index is 12.9. The maximum absolute atomic E-state index is 12.9. The number of aromatic nitrogens is 2. The molecule has 0 saturated heterocycles. The number of carbonyl (C=O) groups excluding carboxylic acids is 1. The van der Waals surface area contributed by atoms with Crippen LogP contribution < -0.4 is 0 Å². The molecule has 1 aromatic heterocycles. The highest BCUT2D eigenvalue weighted by Gasteiger charge is 2.32. The molecule has 2 aromatic carbocycles. The molecule has 0 atom stereocenters. The Balaban J connectivity index is 1.83. The zero-order chi connectivity index (χ0) is 20.9. The lowest BCUT2D eigenvalue weighted by atomic mass is 10.2. The summed E-state index contributed by atoms with van der Waals surface area (Å²) < 4.78 is 40.6. The lowest BCUT2D eigenvalue weighted by Gasteiger charge is -2.24. The number of unbranched alkanes of at least 4 members (excludes halogenated alkanes) is 1. The molecule has 29 heavy (non-hydrogen) atoms. The third-order valence-corrected chi connectivity index (χ3v) is 4.71. The summed E-state index contributed by atoms with van der Waals surface area (Å²) in [6, 6.07) is 17.2. The van der Waals surface area contributed by atoms with Crippen molar-refractivity contribution in [1.82, 2.24) is 14.5 Å². The normalized spacial score (nSPS) is 11.7. The third-order valence-electron chi connectivity index (χ3n) is 4.71. The quantitative estimate of drug-likeness (QED) is 0.522. The molecular weight excluding hydrogens is 379 g/mol. The number of hydrogen-bond donors (Lipinski definition) is 0. The minimum Gasteiger partial charge on any atom is -0.334 e. The standard InChI is InChI=1S/C22H24F3N3O/c1-2-3-15-27(16-22(23,24)25)21(29)14-13-20-26-18-11-7-8-12-19(18)28(20)17-9-5-4-6-10-17/h4-12H,2-3,13-16H2,1H3. The van der Waals surface area contributed by atoms with Crippen molar-refractivity contribution in [2.75, 3.05) is 13.1 Å². The molecule has 0 fully saturated rings. The summed E-state index contributed by atoms with van der Waals surface area (Å²) in [6.45, 7) is 0.795. The molecule has 0 radical (unpaired) electrons. The monoisotopic (exact) mass is 403 g/mol. The van der Waals surface area contributed by atoms with Gasteiger partial charge in [0.25, 0.3) is 0 Å². The molecule has 1 amide bonds. The number of alkyl halides is 3. The second-order valence-corrected chi connectivity index (χ2v) is 6.97. The topological polar surface area (TPSA) is 38.1 Å². The highest BCUT2D eigenvalue weighted by atomic mass is 19.4. The zero-order valence-corrected chi connectivity index (χ0v) is 16.3. The van der Waals surface area contributed by atoms with Crippen molar-refractivity contribution < 1.29 is 18.0 Å². The minimum absolute atomic E-state index is 0.0179. The van der Waals surface area contributed by atoms with E-state index in [1.807, 2.05) is 66.1 Å². The molecule has 0 unspecified atom stereocenters. The van der Waals surface area contributed by atoms with Gasteiger partial charge >= 0.3 is 6.18 Å². The second kappa shape index (κ2) is 9.11. The van der Waals surface area contributed by atoms with E-state index in [0.29, 0.717) is 12.2 Å². The van der Waals surface area contributed by atoms with Crippen molar-refractivity contribution in [2.24, 2.45) is 0 Å². The Hall–Kier alpha value is -2.83. The van der Waals surface area contributed by atoms with Gasteiger partial charge in [-0.3, -0.25) is 9.36 Å². The van der Waals surface area contributed by atoms with Crippen LogP contribution in [0.15, 0.2) is 54.6 Å². The van der Waals surface area contributed by atoms with Crippen molar-refractivity contribution in [3.63, 3.8) is 0 Å². The molecule has 0 bridgehead atoms. The van der Waals surface area contributed by atoms with Gasteiger partial charge in [-0.25, -0.2) is 4.98 Å². The molecule has 0 spiro atoms. The third kappa shape index (κ3) is 5.37. The van der Waals surface area contributed by atoms with Crippen molar-refractivity contribution >= 4 is 16.9 Å². The number of hydrogen-bond acceptors (Lipinski definition) is 2. The lowest BCUT2D eigenvalue weighted by Crippen LogP contribution is -2.39. The van der Waals surface area contributed by atoms with Gasteiger partial charge in [-0.15, -0.1) is 0 Å². The highest BCUT2D eigenvalue weighted by Crippen LogP contribution is 2.23. The average Bonchev–Trinajstić information content (AvgIpc) is 3.07. The largest absolute Gasteiger partial charge is 0.406 e. The number of halogens is 3. The van der Waals surface area contributed by atoms with Crippen molar-refractivity contribution in [1.29, 1.82) is 0 Å². The van der Waals surface area contributed by atoms with Crippen molar-refractivity contribution in [2.45, 2.75) is 38.8 Å². The Kier molecular flexibility index (Phi) is 6.56. The van der Waals surface area contributed by atoms with E-state index in [4.69, 9.17) is 0 Å². The number of benzene rings is 2. The molecule has 0 aliphatic heterocycles. The maximum Gasteiger partial charge on any atom is 0.406 e. The van der Waals surface area contributed by atoms with Gasteiger partial charge < -0.3 is 4.90 Å². The van der Waals surface area contributed by atoms with E-state index in [-0.39, 0.29) is 19.4 Å². The van der Waals surface area contributed by atoms with E-state index in [1.165, 1.54) is 0 Å². The Morgan fingerprint density at radius 1 is 1.07 bits per heavy atom. The first-order valence-corrected chi connectivity index (χ1v) is 9.75. The van der Waals surface area contributed by atoms with Gasteiger partial charge in [-0.05, 0) is 30.7 Å². The molecule has 154 valence electrons. The highest BCUT2D eigenvalue weighted by molar-refractivity contribution is 5.79. The van der Waals surface area contributed by atoms with E-state index in [9.17, 15) is 18.0 Å². The van der Waals surface area contributed by atoms with Crippen molar-refractivity contribution in [3.8, 4) is 5.69 Å². The fourth-order valence-corrected chi connectivity index (χ4v) is 3.34. The van der Waals surface area contributed by atoms with E-state index < -0.39 is 18.6 Å². The van der Waals surface area contributed by atoms with Crippen LogP contribution >= 0.6 is 0 Å². The summed E-state index contributed by atoms with van der Waals surface area (Å²) in [5.41, 5.74) is 2.60. The summed E-state index contributed by atoms with van der Waals surface area (Å²) in [4.78, 5) is 18.1. The van der Waals surface area contributed by atoms with Crippen LogP contribution in [0.25, 0.3) is 16.7 Å². The van der Waals surface area contributed by atoms with Gasteiger partial charge in [0.15, 0.2) is 0 Å². The minimum atomic E-state index is -4.40. The Bertz CT molecular complexity index is 951. The molecule has 0 saturated carbocycles. The van der Waals surface area contributed by atoms with E-state index in [0.717, 1.165) is 28.0 Å². The summed E-state index contributed by atoms with van der Waals surface area (Å²) >= 11 is 0. The van der Waals surface area contributed by atoms with Gasteiger partial charge in [0.2, 0.25) is 5.91 Å². The summed E-state index contributed by atoms with van der Waals surface area (Å²) in [5.74, 6) is 0.163. The Morgan fingerprint density at radius 2 is 1.76 bits per heavy atom. The molecule has 7 heteroatoms. The summed E-state index contributed by atoms with van der Waals surface area (Å²) in [5, 5.41) is 0. The Morgan fingerprint density at radius 3 is 2.45 bits per heavy atom. The van der Waals surface area contributed by atoms with Crippen LogP contribution in [-0.4, -0.2) is 39.6 Å². The van der Waals surface area contributed by atoms with Gasteiger partial charge in [0, 0.05) is 25.1 Å². The van der Waals surface area contributed by atoms with Crippen LogP contribution in [-0.2, 0) is 11.2 Å². The smallest absolute Gasteiger partial charge is 0.334 e. The molecule has 0 aliphatic rings. The second-order valence-electron chi connectivity index (χ2n) is 6.97. The zero-order valence-electron chi connectivity index (χ0n) is 16.3. The number of nitrogens with zero attached hydrogens (tertiary/aromatic N) is 3. The summed E-state index contributed by atoms with van der Waals surface area (Å²) in [7, 11) is 0. The van der Waals surface area contributed by atoms with Crippen LogP contribution in [0.4, 0.5) is 13.2 Å². The van der Waals surface area contributed by atoms with Crippen molar-refractivity contribution in [3.05, 3.63) is 60.4 Å². The van der Waals surface area contributed by atoms with Crippen LogP contribution in [0.2, 0.25) is 0 Å². The Labute approximate surface area is 168 Å². The number of fused-ring (bicyclic) bond motifs is 1. The lowest BCUT2D eigenvalue weighted by molar-refractivity contribution is -0.161. The van der Waals surface area contributed by atoms with Crippen LogP contribution in [0.5, 0.6) is 0 Å². The number of para-hydroxylation sites is 3. The van der Waals surface area contributed by atoms with E-state index in [2.05, 4.69) is 4.98 Å². The molecule has 4 nitrogen and oxygen atoms in total. The van der Waals surface area contributed by atoms with Crippen LogP contribution in [0.1, 0.15) is 32.0 Å². The number of amides is 1.